The number of hydrogen-bond acceptors (Lipinski definition) is 7. The fraction of sp³-hybridized carbons (Fsp3) is 0.312. The summed E-state index contributed by atoms with van der Waals surface area (Å²) in [5, 5.41) is 9.15. The van der Waals surface area contributed by atoms with Crippen LogP contribution < -0.4 is 26.4 Å². The number of carbonyl (C=O) groups excluding carboxylic acids is 1. The first-order chi connectivity index (χ1) is 12.1. The van der Waals surface area contributed by atoms with Crippen LogP contribution in [0.25, 0.3) is 0 Å². The first-order valence-corrected chi connectivity index (χ1v) is 8.10. The fourth-order valence-electron chi connectivity index (χ4n) is 2.06. The molecule has 0 saturated heterocycles. The summed E-state index contributed by atoms with van der Waals surface area (Å²) in [5.74, 6) is 1.18. The van der Waals surface area contributed by atoms with Gasteiger partial charge in [0.1, 0.15) is 16.6 Å². The molecule has 1 amide bonds. The lowest BCUT2D eigenvalue weighted by Gasteiger charge is -2.13. The smallest absolute Gasteiger partial charge is 0.251 e. The van der Waals surface area contributed by atoms with E-state index in [1.54, 1.807) is 25.2 Å². The van der Waals surface area contributed by atoms with E-state index in [1.165, 1.54) is 13.3 Å². The number of rotatable bonds is 8. The maximum Gasteiger partial charge on any atom is 0.251 e. The van der Waals surface area contributed by atoms with Crippen molar-refractivity contribution in [3.05, 3.63) is 35.0 Å². The van der Waals surface area contributed by atoms with Gasteiger partial charge in [0.2, 0.25) is 5.95 Å². The second kappa shape index (κ2) is 9.05. The van der Waals surface area contributed by atoms with Gasteiger partial charge in [-0.2, -0.15) is 4.98 Å². The predicted octanol–water partition coefficient (Wildman–Crippen LogP) is 2.00. The van der Waals surface area contributed by atoms with Gasteiger partial charge < -0.3 is 26.4 Å². The second-order valence-corrected chi connectivity index (χ2v) is 5.49. The molecule has 0 spiro atoms. The highest BCUT2D eigenvalue weighted by Crippen LogP contribution is 2.28. The van der Waals surface area contributed by atoms with Gasteiger partial charge in [-0.1, -0.05) is 11.6 Å². The molecular weight excluding hydrogens is 344 g/mol. The minimum absolute atomic E-state index is 0.182. The van der Waals surface area contributed by atoms with Crippen molar-refractivity contribution in [1.29, 1.82) is 0 Å². The van der Waals surface area contributed by atoms with Gasteiger partial charge in [0.25, 0.3) is 5.91 Å². The lowest BCUT2D eigenvalue weighted by Crippen LogP contribution is -2.25. The Morgan fingerprint density at radius 2 is 2.20 bits per heavy atom. The van der Waals surface area contributed by atoms with Gasteiger partial charge in [-0.25, -0.2) is 4.98 Å². The number of ether oxygens (including phenoxy) is 1. The van der Waals surface area contributed by atoms with Crippen LogP contribution in [0.4, 0.5) is 17.5 Å². The second-order valence-electron chi connectivity index (χ2n) is 5.08. The van der Waals surface area contributed by atoms with Crippen molar-refractivity contribution in [2.24, 2.45) is 5.73 Å². The molecule has 0 bridgehead atoms. The molecule has 8 nitrogen and oxygen atoms in total. The van der Waals surface area contributed by atoms with E-state index in [0.29, 0.717) is 46.9 Å². The molecule has 0 aliphatic rings. The van der Waals surface area contributed by atoms with Crippen molar-refractivity contribution >= 4 is 35.0 Å². The van der Waals surface area contributed by atoms with Crippen LogP contribution in [0.2, 0.25) is 5.02 Å². The molecule has 25 heavy (non-hydrogen) atoms. The number of benzene rings is 1. The van der Waals surface area contributed by atoms with E-state index >= 15 is 0 Å². The van der Waals surface area contributed by atoms with Crippen molar-refractivity contribution in [2.45, 2.75) is 6.42 Å². The summed E-state index contributed by atoms with van der Waals surface area (Å²) in [7, 11) is 3.25. The summed E-state index contributed by atoms with van der Waals surface area (Å²) < 4.78 is 5.35. The topological polar surface area (TPSA) is 114 Å². The summed E-state index contributed by atoms with van der Waals surface area (Å²) in [5.41, 5.74) is 6.54. The molecule has 0 aliphatic heterocycles. The normalized spacial score (nSPS) is 10.2. The Morgan fingerprint density at radius 1 is 1.40 bits per heavy atom. The zero-order valence-electron chi connectivity index (χ0n) is 14.1. The van der Waals surface area contributed by atoms with Gasteiger partial charge in [0.15, 0.2) is 0 Å². The van der Waals surface area contributed by atoms with Gasteiger partial charge in [0, 0.05) is 19.2 Å². The summed E-state index contributed by atoms with van der Waals surface area (Å²) in [4.78, 5) is 20.5. The van der Waals surface area contributed by atoms with Gasteiger partial charge in [-0.05, 0) is 31.2 Å². The Hall–Kier alpha value is -2.58. The van der Waals surface area contributed by atoms with Crippen molar-refractivity contribution in [1.82, 2.24) is 15.3 Å². The van der Waals surface area contributed by atoms with Crippen molar-refractivity contribution < 1.29 is 9.53 Å². The Kier molecular flexibility index (Phi) is 6.79. The van der Waals surface area contributed by atoms with Crippen LogP contribution in [0.15, 0.2) is 24.4 Å². The zero-order chi connectivity index (χ0) is 18.2. The molecule has 0 saturated carbocycles. The minimum Gasteiger partial charge on any atom is -0.495 e. The third-order valence-electron chi connectivity index (χ3n) is 3.36. The predicted molar refractivity (Wildman–Crippen MR) is 98.9 cm³/mol. The Balaban J connectivity index is 2.17. The molecule has 2 aromatic rings. The summed E-state index contributed by atoms with van der Waals surface area (Å²) in [6, 6.07) is 5.07. The lowest BCUT2D eigenvalue weighted by molar-refractivity contribution is 0.0953. The van der Waals surface area contributed by atoms with Crippen LogP contribution in [-0.2, 0) is 0 Å². The monoisotopic (exact) mass is 364 g/mol. The van der Waals surface area contributed by atoms with Crippen molar-refractivity contribution in [3.63, 3.8) is 0 Å². The molecule has 0 unspecified atom stereocenters. The van der Waals surface area contributed by atoms with E-state index in [1.807, 2.05) is 0 Å². The third-order valence-corrected chi connectivity index (χ3v) is 3.63. The van der Waals surface area contributed by atoms with E-state index in [0.717, 1.165) is 6.42 Å². The molecule has 0 aliphatic carbocycles. The van der Waals surface area contributed by atoms with Gasteiger partial charge >= 0.3 is 0 Å². The van der Waals surface area contributed by atoms with Crippen LogP contribution >= 0.6 is 11.6 Å². The largest absolute Gasteiger partial charge is 0.495 e. The minimum atomic E-state index is -0.182. The molecule has 0 fully saturated rings. The highest BCUT2D eigenvalue weighted by molar-refractivity contribution is 6.32. The lowest BCUT2D eigenvalue weighted by atomic mass is 10.1. The van der Waals surface area contributed by atoms with E-state index in [4.69, 9.17) is 22.1 Å². The van der Waals surface area contributed by atoms with E-state index in [9.17, 15) is 4.79 Å². The number of hydrogen-bond donors (Lipinski definition) is 4. The summed E-state index contributed by atoms with van der Waals surface area (Å²) in [6.45, 7) is 1.06. The number of aromatic nitrogens is 2. The highest BCUT2D eigenvalue weighted by atomic mass is 35.5. The number of methoxy groups -OCH3 is 1. The standard InChI is InChI=1S/C16H21ClN6O2/c1-19-14-11(17)9-21-16(23-14)22-12-5-4-10(8-13(12)25-2)15(24)20-7-3-6-18/h4-5,8-9H,3,6-7,18H2,1-2H3,(H,20,24)(H2,19,21,22,23). The third kappa shape index (κ3) is 4.94. The maximum atomic E-state index is 12.1. The van der Waals surface area contributed by atoms with Crippen LogP contribution in [-0.4, -0.2) is 43.1 Å². The molecule has 1 aromatic heterocycles. The molecule has 0 atom stereocenters. The first kappa shape index (κ1) is 18.8. The van der Waals surface area contributed by atoms with E-state index in [2.05, 4.69) is 25.9 Å². The Labute approximate surface area is 151 Å². The average Bonchev–Trinajstić information content (AvgIpc) is 2.63. The molecule has 0 radical (unpaired) electrons. The van der Waals surface area contributed by atoms with Crippen LogP contribution in [0.5, 0.6) is 5.75 Å². The number of halogens is 1. The molecule has 5 N–H and O–H groups in total. The van der Waals surface area contributed by atoms with E-state index < -0.39 is 0 Å². The average molecular weight is 365 g/mol. The number of nitrogens with zero attached hydrogens (tertiary/aromatic N) is 2. The van der Waals surface area contributed by atoms with Gasteiger partial charge in [0.05, 0.1) is 19.0 Å². The molecule has 1 heterocycles. The van der Waals surface area contributed by atoms with Gasteiger partial charge in [-0.15, -0.1) is 0 Å². The fourth-order valence-corrected chi connectivity index (χ4v) is 2.25. The molecular formula is C16H21ClN6O2. The van der Waals surface area contributed by atoms with Crippen LogP contribution in [0, 0.1) is 0 Å². The van der Waals surface area contributed by atoms with E-state index in [-0.39, 0.29) is 5.91 Å². The number of carbonyl (C=O) groups is 1. The van der Waals surface area contributed by atoms with Crippen molar-refractivity contribution in [2.75, 3.05) is 37.9 Å². The Bertz CT molecular complexity index is 741. The number of nitrogens with two attached hydrogens (primary N) is 1. The van der Waals surface area contributed by atoms with Crippen molar-refractivity contribution in [3.8, 4) is 5.75 Å². The van der Waals surface area contributed by atoms with Gasteiger partial charge in [-0.3, -0.25) is 4.79 Å². The van der Waals surface area contributed by atoms with Crippen LogP contribution in [0.1, 0.15) is 16.8 Å². The maximum absolute atomic E-state index is 12.1. The van der Waals surface area contributed by atoms with Crippen LogP contribution in [0.3, 0.4) is 0 Å². The Morgan fingerprint density at radius 3 is 2.88 bits per heavy atom. The number of nitrogens with one attached hydrogen (secondary N) is 3. The first-order valence-electron chi connectivity index (χ1n) is 7.72. The zero-order valence-corrected chi connectivity index (χ0v) is 14.9. The number of anilines is 3. The summed E-state index contributed by atoms with van der Waals surface area (Å²) in [6.07, 6.45) is 2.22. The summed E-state index contributed by atoms with van der Waals surface area (Å²) >= 11 is 5.97. The molecule has 134 valence electrons. The SMILES string of the molecule is CNc1nc(Nc2ccc(C(=O)NCCCN)cc2OC)ncc1Cl. The number of amides is 1. The highest BCUT2D eigenvalue weighted by Gasteiger charge is 2.12. The quantitative estimate of drug-likeness (QED) is 0.529. The molecule has 1 aromatic carbocycles. The molecule has 9 heteroatoms. The molecule has 2 rings (SSSR count).